The number of carbonyl (C=O) groups excluding carboxylic acids is 1. The van der Waals surface area contributed by atoms with Crippen molar-refractivity contribution >= 4 is 38.5 Å². The van der Waals surface area contributed by atoms with Gasteiger partial charge in [-0.3, -0.25) is 14.5 Å². The summed E-state index contributed by atoms with van der Waals surface area (Å²) >= 11 is 3.50. The van der Waals surface area contributed by atoms with Crippen molar-refractivity contribution in [2.45, 2.75) is 26.8 Å². The van der Waals surface area contributed by atoms with Crippen LogP contribution in [0.15, 0.2) is 80.9 Å². The fourth-order valence-corrected chi connectivity index (χ4v) is 5.05. The SMILES string of the molecule is C=CCOc1ccc(C2c3c(oc4cc(C)c(C)cc4c3=O)C(=O)N2c2cccc(Br)c2)cc1OCC. The second-order valence-corrected chi connectivity index (χ2v) is 9.82. The molecule has 1 unspecified atom stereocenters. The minimum atomic E-state index is -0.716. The molecule has 1 aromatic heterocycles. The number of nitrogens with zero attached hydrogens (tertiary/aromatic N) is 1. The van der Waals surface area contributed by atoms with Crippen molar-refractivity contribution in [2.75, 3.05) is 18.1 Å². The van der Waals surface area contributed by atoms with E-state index in [-0.39, 0.29) is 17.1 Å². The Morgan fingerprint density at radius 1 is 1.03 bits per heavy atom. The van der Waals surface area contributed by atoms with E-state index in [1.807, 2.05) is 69.3 Å². The minimum absolute atomic E-state index is 0.0515. The van der Waals surface area contributed by atoms with Crippen molar-refractivity contribution < 1.29 is 18.7 Å². The summed E-state index contributed by atoms with van der Waals surface area (Å²) in [5.41, 5.74) is 3.79. The molecule has 0 saturated heterocycles. The summed E-state index contributed by atoms with van der Waals surface area (Å²) in [5, 5.41) is 0.451. The molecule has 188 valence electrons. The average molecular weight is 560 g/mol. The number of carbonyl (C=O) groups is 1. The maximum absolute atomic E-state index is 14.0. The van der Waals surface area contributed by atoms with Gasteiger partial charge in [0.05, 0.1) is 23.6 Å². The van der Waals surface area contributed by atoms with Gasteiger partial charge in [0.2, 0.25) is 5.76 Å². The lowest BCUT2D eigenvalue weighted by molar-refractivity contribution is 0.0971. The Balaban J connectivity index is 1.78. The molecular formula is C30H26BrNO5. The van der Waals surface area contributed by atoms with Crippen LogP contribution in [0.3, 0.4) is 0 Å². The van der Waals surface area contributed by atoms with Crippen LogP contribution < -0.4 is 19.8 Å². The molecule has 2 heterocycles. The molecule has 0 saturated carbocycles. The summed E-state index contributed by atoms with van der Waals surface area (Å²) in [4.78, 5) is 29.4. The second kappa shape index (κ2) is 9.90. The van der Waals surface area contributed by atoms with Gasteiger partial charge >= 0.3 is 0 Å². The van der Waals surface area contributed by atoms with Gasteiger partial charge < -0.3 is 13.9 Å². The van der Waals surface area contributed by atoms with Crippen LogP contribution in [0.25, 0.3) is 11.0 Å². The highest BCUT2D eigenvalue weighted by molar-refractivity contribution is 9.10. The molecule has 0 fully saturated rings. The Kier molecular flexibility index (Phi) is 6.65. The highest BCUT2D eigenvalue weighted by Gasteiger charge is 2.44. The van der Waals surface area contributed by atoms with E-state index in [9.17, 15) is 9.59 Å². The predicted molar refractivity (Wildman–Crippen MR) is 148 cm³/mol. The molecule has 5 rings (SSSR count). The summed E-state index contributed by atoms with van der Waals surface area (Å²) in [6.07, 6.45) is 1.66. The average Bonchev–Trinajstić information content (AvgIpc) is 3.17. The van der Waals surface area contributed by atoms with E-state index in [0.29, 0.717) is 52.5 Å². The summed E-state index contributed by atoms with van der Waals surface area (Å²) in [7, 11) is 0. The first kappa shape index (κ1) is 24.8. The fraction of sp³-hybridized carbons (Fsp3) is 0.200. The van der Waals surface area contributed by atoms with E-state index in [0.717, 1.165) is 15.6 Å². The van der Waals surface area contributed by atoms with Crippen molar-refractivity contribution in [3.05, 3.63) is 110 Å². The second-order valence-electron chi connectivity index (χ2n) is 8.90. The standard InChI is InChI=1S/C30H26BrNO5/c1-5-12-36-23-11-10-19(15-25(23)35-6-2)27-26-28(33)22-13-17(3)18(4)14-24(22)37-29(26)30(34)32(27)21-9-7-8-20(31)16-21/h5,7-11,13-16,27H,1,6,12H2,2-4H3. The van der Waals surface area contributed by atoms with E-state index in [4.69, 9.17) is 13.9 Å². The number of hydrogen-bond donors (Lipinski definition) is 0. The normalized spacial score (nSPS) is 14.6. The van der Waals surface area contributed by atoms with E-state index >= 15 is 0 Å². The molecule has 3 aromatic carbocycles. The van der Waals surface area contributed by atoms with Gasteiger partial charge in [0, 0.05) is 10.2 Å². The molecule has 1 aliphatic rings. The number of aryl methyl sites for hydroxylation is 2. The lowest BCUT2D eigenvalue weighted by atomic mass is 9.97. The number of fused-ring (bicyclic) bond motifs is 2. The number of rotatable bonds is 7. The van der Waals surface area contributed by atoms with Crippen LogP contribution in [0.5, 0.6) is 11.5 Å². The zero-order chi connectivity index (χ0) is 26.3. The number of benzene rings is 3. The van der Waals surface area contributed by atoms with Crippen molar-refractivity contribution in [1.82, 2.24) is 0 Å². The van der Waals surface area contributed by atoms with Gasteiger partial charge in [-0.1, -0.05) is 40.7 Å². The Hall–Kier alpha value is -3.84. The van der Waals surface area contributed by atoms with Crippen LogP contribution in [0.4, 0.5) is 5.69 Å². The van der Waals surface area contributed by atoms with E-state index in [1.54, 1.807) is 17.0 Å². The summed E-state index contributed by atoms with van der Waals surface area (Å²) in [6.45, 7) is 10.2. The monoisotopic (exact) mass is 559 g/mol. The van der Waals surface area contributed by atoms with E-state index in [1.165, 1.54) is 0 Å². The summed E-state index contributed by atoms with van der Waals surface area (Å²) in [5.74, 6) is 0.755. The third-order valence-electron chi connectivity index (χ3n) is 6.51. The molecule has 1 amide bonds. The number of halogens is 1. The fourth-order valence-electron chi connectivity index (χ4n) is 4.67. The van der Waals surface area contributed by atoms with Crippen LogP contribution in [0.1, 0.15) is 45.8 Å². The van der Waals surface area contributed by atoms with Crippen LogP contribution in [0.2, 0.25) is 0 Å². The summed E-state index contributed by atoms with van der Waals surface area (Å²) in [6, 6.07) is 15.8. The highest BCUT2D eigenvalue weighted by atomic mass is 79.9. The Morgan fingerprint density at radius 3 is 2.54 bits per heavy atom. The Bertz CT molecular complexity index is 1610. The van der Waals surface area contributed by atoms with Crippen LogP contribution in [-0.2, 0) is 0 Å². The van der Waals surface area contributed by atoms with Crippen molar-refractivity contribution in [3.8, 4) is 11.5 Å². The molecule has 37 heavy (non-hydrogen) atoms. The first-order chi connectivity index (χ1) is 17.8. The smallest absolute Gasteiger partial charge is 0.295 e. The first-order valence-corrected chi connectivity index (χ1v) is 12.8. The molecule has 0 spiro atoms. The lowest BCUT2D eigenvalue weighted by Gasteiger charge is -2.26. The molecule has 7 heteroatoms. The highest BCUT2D eigenvalue weighted by Crippen LogP contribution is 2.44. The third-order valence-corrected chi connectivity index (χ3v) is 7.01. The molecule has 0 radical (unpaired) electrons. The molecular weight excluding hydrogens is 534 g/mol. The van der Waals surface area contributed by atoms with Gasteiger partial charge in [-0.15, -0.1) is 0 Å². The van der Waals surface area contributed by atoms with Gasteiger partial charge in [-0.05, 0) is 79.9 Å². The zero-order valence-corrected chi connectivity index (χ0v) is 22.4. The van der Waals surface area contributed by atoms with E-state index in [2.05, 4.69) is 22.5 Å². The van der Waals surface area contributed by atoms with Crippen LogP contribution >= 0.6 is 15.9 Å². The number of ether oxygens (including phenoxy) is 2. The number of anilines is 1. The maximum Gasteiger partial charge on any atom is 0.295 e. The predicted octanol–water partition coefficient (Wildman–Crippen LogP) is 6.89. The van der Waals surface area contributed by atoms with E-state index < -0.39 is 6.04 Å². The molecule has 0 bridgehead atoms. The van der Waals surface area contributed by atoms with Crippen molar-refractivity contribution in [3.63, 3.8) is 0 Å². The zero-order valence-electron chi connectivity index (χ0n) is 20.8. The molecule has 6 nitrogen and oxygen atoms in total. The van der Waals surface area contributed by atoms with Crippen LogP contribution in [-0.4, -0.2) is 19.1 Å². The Morgan fingerprint density at radius 2 is 1.81 bits per heavy atom. The summed E-state index contributed by atoms with van der Waals surface area (Å²) < 4.78 is 18.6. The lowest BCUT2D eigenvalue weighted by Crippen LogP contribution is -2.29. The van der Waals surface area contributed by atoms with Crippen LogP contribution in [0, 0.1) is 13.8 Å². The molecule has 1 aliphatic heterocycles. The van der Waals surface area contributed by atoms with Gasteiger partial charge in [-0.2, -0.15) is 0 Å². The first-order valence-electron chi connectivity index (χ1n) is 12.0. The van der Waals surface area contributed by atoms with Crippen molar-refractivity contribution in [2.24, 2.45) is 0 Å². The minimum Gasteiger partial charge on any atom is -0.490 e. The van der Waals surface area contributed by atoms with Gasteiger partial charge in [-0.25, -0.2) is 0 Å². The maximum atomic E-state index is 14.0. The van der Waals surface area contributed by atoms with Crippen molar-refractivity contribution in [1.29, 1.82) is 0 Å². The topological polar surface area (TPSA) is 69.0 Å². The van der Waals surface area contributed by atoms with Gasteiger partial charge in [0.25, 0.3) is 5.91 Å². The van der Waals surface area contributed by atoms with Gasteiger partial charge in [0.15, 0.2) is 16.9 Å². The molecule has 0 N–H and O–H groups in total. The molecule has 4 aromatic rings. The molecule has 1 atom stereocenters. The largest absolute Gasteiger partial charge is 0.490 e. The Labute approximate surface area is 223 Å². The quantitative estimate of drug-likeness (QED) is 0.231. The number of amides is 1. The van der Waals surface area contributed by atoms with Gasteiger partial charge in [0.1, 0.15) is 12.2 Å². The molecule has 0 aliphatic carbocycles. The number of hydrogen-bond acceptors (Lipinski definition) is 5. The third kappa shape index (κ3) is 4.33.